The summed E-state index contributed by atoms with van der Waals surface area (Å²) >= 11 is 1.31. The lowest BCUT2D eigenvalue weighted by atomic mass is 10.1. The lowest BCUT2D eigenvalue weighted by Crippen LogP contribution is -2.28. The fraction of sp³-hybridized carbons (Fsp3) is 0.278. The number of carbonyl (C=O) groups excluding carboxylic acids is 1. The molecule has 0 spiro atoms. The van der Waals surface area contributed by atoms with Crippen LogP contribution in [0.15, 0.2) is 30.3 Å². The van der Waals surface area contributed by atoms with Crippen LogP contribution in [-0.2, 0) is 4.79 Å². The van der Waals surface area contributed by atoms with Crippen LogP contribution in [0.4, 0.5) is 11.4 Å². The third kappa shape index (κ3) is 2.95. The summed E-state index contributed by atoms with van der Waals surface area (Å²) in [5.74, 6) is 1.77. The number of rotatable bonds is 5. The van der Waals surface area contributed by atoms with Crippen molar-refractivity contribution in [1.29, 1.82) is 0 Å². The molecule has 28 heavy (non-hydrogen) atoms. The molecule has 1 saturated heterocycles. The second kappa shape index (κ2) is 7.12. The van der Waals surface area contributed by atoms with E-state index in [-0.39, 0.29) is 24.1 Å². The van der Waals surface area contributed by atoms with Crippen LogP contribution in [-0.4, -0.2) is 37.6 Å². The Kier molecular flexibility index (Phi) is 4.63. The smallest absolute Gasteiger partial charge is 0.279 e. The van der Waals surface area contributed by atoms with Crippen molar-refractivity contribution in [3.05, 3.63) is 46.0 Å². The molecule has 0 radical (unpaired) electrons. The molecule has 0 aromatic heterocycles. The van der Waals surface area contributed by atoms with E-state index in [4.69, 9.17) is 18.9 Å². The molecule has 0 bridgehead atoms. The van der Waals surface area contributed by atoms with Gasteiger partial charge in [0.15, 0.2) is 23.0 Å². The Hall–Kier alpha value is -3.14. The standard InChI is InChI=1S/C18H16N2O7S/c1-24-13-4-3-10(5-14(13)25-2)19-17(21)8-28-18(19)11-6-15-16(27-9-26-15)7-12(11)20(22)23/h3-7,18H,8-9H2,1-2H3. The summed E-state index contributed by atoms with van der Waals surface area (Å²) < 4.78 is 21.2. The van der Waals surface area contributed by atoms with Gasteiger partial charge < -0.3 is 18.9 Å². The maximum absolute atomic E-state index is 12.6. The van der Waals surface area contributed by atoms with Crippen molar-refractivity contribution < 1.29 is 28.7 Å². The molecule has 1 fully saturated rings. The number of methoxy groups -OCH3 is 2. The summed E-state index contributed by atoms with van der Waals surface area (Å²) in [6, 6.07) is 8.00. The molecule has 2 aliphatic heterocycles. The summed E-state index contributed by atoms with van der Waals surface area (Å²) in [5, 5.41) is 11.1. The molecule has 2 aliphatic rings. The van der Waals surface area contributed by atoms with Crippen molar-refractivity contribution in [2.45, 2.75) is 5.37 Å². The predicted molar refractivity (Wildman–Crippen MR) is 101 cm³/mol. The van der Waals surface area contributed by atoms with Gasteiger partial charge in [0.2, 0.25) is 12.7 Å². The summed E-state index contributed by atoms with van der Waals surface area (Å²) in [5.41, 5.74) is 0.812. The van der Waals surface area contributed by atoms with Gasteiger partial charge in [0.25, 0.3) is 5.69 Å². The Morgan fingerprint density at radius 1 is 1.14 bits per heavy atom. The molecule has 9 nitrogen and oxygen atoms in total. The van der Waals surface area contributed by atoms with E-state index in [0.29, 0.717) is 34.2 Å². The Morgan fingerprint density at radius 3 is 2.54 bits per heavy atom. The number of ether oxygens (including phenoxy) is 4. The average Bonchev–Trinajstić information content (AvgIpc) is 3.32. The molecule has 1 atom stereocenters. The lowest BCUT2D eigenvalue weighted by Gasteiger charge is -2.25. The third-order valence-electron chi connectivity index (χ3n) is 4.50. The fourth-order valence-corrected chi connectivity index (χ4v) is 4.41. The second-order valence-corrected chi connectivity index (χ2v) is 7.06. The Balaban J connectivity index is 1.80. The van der Waals surface area contributed by atoms with E-state index in [1.54, 1.807) is 24.3 Å². The van der Waals surface area contributed by atoms with Crippen LogP contribution in [0.5, 0.6) is 23.0 Å². The minimum atomic E-state index is -0.583. The van der Waals surface area contributed by atoms with E-state index in [2.05, 4.69) is 0 Å². The maximum atomic E-state index is 12.6. The summed E-state index contributed by atoms with van der Waals surface area (Å²) in [6.45, 7) is 0.00603. The number of amides is 1. The molecule has 0 N–H and O–H groups in total. The zero-order chi connectivity index (χ0) is 19.8. The van der Waals surface area contributed by atoms with Crippen molar-refractivity contribution in [3.8, 4) is 23.0 Å². The first-order chi connectivity index (χ1) is 13.5. The number of nitro benzene ring substituents is 1. The van der Waals surface area contributed by atoms with Gasteiger partial charge in [0, 0.05) is 11.8 Å². The number of hydrogen-bond acceptors (Lipinski definition) is 8. The van der Waals surface area contributed by atoms with Gasteiger partial charge in [0.05, 0.1) is 36.5 Å². The van der Waals surface area contributed by atoms with Gasteiger partial charge in [-0.2, -0.15) is 0 Å². The number of nitro groups is 1. The largest absolute Gasteiger partial charge is 0.493 e. The zero-order valence-corrected chi connectivity index (χ0v) is 15.9. The SMILES string of the molecule is COc1ccc(N2C(=O)CSC2c2cc3c(cc2[N+](=O)[O-])OCO3)cc1OC. The number of carbonyl (C=O) groups is 1. The fourth-order valence-electron chi connectivity index (χ4n) is 3.21. The summed E-state index contributed by atoms with van der Waals surface area (Å²) in [7, 11) is 3.02. The first kappa shape index (κ1) is 18.2. The number of benzene rings is 2. The van der Waals surface area contributed by atoms with Crippen molar-refractivity contribution in [3.63, 3.8) is 0 Å². The maximum Gasteiger partial charge on any atom is 0.279 e. The average molecular weight is 404 g/mol. The lowest BCUT2D eigenvalue weighted by molar-refractivity contribution is -0.385. The second-order valence-electron chi connectivity index (χ2n) is 5.99. The van der Waals surface area contributed by atoms with E-state index in [0.717, 1.165) is 0 Å². The van der Waals surface area contributed by atoms with Crippen LogP contribution < -0.4 is 23.8 Å². The third-order valence-corrected chi connectivity index (χ3v) is 5.69. The monoisotopic (exact) mass is 404 g/mol. The molecule has 1 unspecified atom stereocenters. The quantitative estimate of drug-likeness (QED) is 0.554. The van der Waals surface area contributed by atoms with Crippen molar-refractivity contribution in [2.75, 3.05) is 31.7 Å². The molecule has 4 rings (SSSR count). The van der Waals surface area contributed by atoms with Crippen LogP contribution in [0.2, 0.25) is 0 Å². The first-order valence-corrected chi connectivity index (χ1v) is 9.32. The Morgan fingerprint density at radius 2 is 1.86 bits per heavy atom. The minimum Gasteiger partial charge on any atom is -0.493 e. The highest BCUT2D eigenvalue weighted by atomic mass is 32.2. The molecule has 2 aromatic carbocycles. The minimum absolute atomic E-state index is 0.00603. The number of anilines is 1. The van der Waals surface area contributed by atoms with Gasteiger partial charge in [0.1, 0.15) is 5.37 Å². The highest BCUT2D eigenvalue weighted by Gasteiger charge is 2.39. The van der Waals surface area contributed by atoms with E-state index >= 15 is 0 Å². The molecule has 1 amide bonds. The number of thioether (sulfide) groups is 1. The van der Waals surface area contributed by atoms with Gasteiger partial charge >= 0.3 is 0 Å². The predicted octanol–water partition coefficient (Wildman–Crippen LogP) is 3.12. The van der Waals surface area contributed by atoms with E-state index in [1.807, 2.05) is 0 Å². The number of fused-ring (bicyclic) bond motifs is 1. The molecule has 0 saturated carbocycles. The van der Waals surface area contributed by atoms with E-state index < -0.39 is 10.3 Å². The van der Waals surface area contributed by atoms with Crippen molar-refractivity contribution >= 4 is 29.0 Å². The topological polar surface area (TPSA) is 100 Å². The highest BCUT2D eigenvalue weighted by molar-refractivity contribution is 8.00. The molecular weight excluding hydrogens is 388 g/mol. The van der Waals surface area contributed by atoms with E-state index in [9.17, 15) is 14.9 Å². The number of hydrogen-bond donors (Lipinski definition) is 0. The summed E-state index contributed by atoms with van der Waals surface area (Å²) in [4.78, 5) is 25.3. The van der Waals surface area contributed by atoms with Crippen LogP contribution in [0.25, 0.3) is 0 Å². The Labute approximate surface area is 164 Å². The molecule has 0 aliphatic carbocycles. The molecule has 10 heteroatoms. The summed E-state index contributed by atoms with van der Waals surface area (Å²) in [6.07, 6.45) is 0. The van der Waals surface area contributed by atoms with Gasteiger partial charge in [-0.25, -0.2) is 0 Å². The molecule has 2 heterocycles. The normalized spacial score (nSPS) is 17.7. The van der Waals surface area contributed by atoms with E-state index in [1.165, 1.54) is 36.9 Å². The van der Waals surface area contributed by atoms with Crippen LogP contribution >= 0.6 is 11.8 Å². The van der Waals surface area contributed by atoms with Crippen LogP contribution in [0, 0.1) is 10.1 Å². The van der Waals surface area contributed by atoms with Gasteiger partial charge in [-0.15, -0.1) is 11.8 Å². The van der Waals surface area contributed by atoms with Crippen molar-refractivity contribution in [1.82, 2.24) is 0 Å². The molecule has 2 aromatic rings. The molecule has 146 valence electrons. The van der Waals surface area contributed by atoms with Gasteiger partial charge in [-0.1, -0.05) is 0 Å². The van der Waals surface area contributed by atoms with Crippen LogP contribution in [0.1, 0.15) is 10.9 Å². The molecular formula is C18H16N2O7S. The van der Waals surface area contributed by atoms with Crippen LogP contribution in [0.3, 0.4) is 0 Å². The van der Waals surface area contributed by atoms with Gasteiger partial charge in [-0.3, -0.25) is 19.8 Å². The first-order valence-electron chi connectivity index (χ1n) is 8.27. The number of nitrogens with zero attached hydrogens (tertiary/aromatic N) is 2. The van der Waals surface area contributed by atoms with Crippen molar-refractivity contribution in [2.24, 2.45) is 0 Å². The Bertz CT molecular complexity index is 965. The van der Waals surface area contributed by atoms with Gasteiger partial charge in [-0.05, 0) is 18.2 Å². The highest BCUT2D eigenvalue weighted by Crippen LogP contribution is 2.49. The zero-order valence-electron chi connectivity index (χ0n) is 15.0.